The van der Waals surface area contributed by atoms with Crippen molar-refractivity contribution in [3.8, 4) is 0 Å². The molecule has 0 unspecified atom stereocenters. The van der Waals surface area contributed by atoms with Crippen LogP contribution in [-0.2, 0) is 19.8 Å². The van der Waals surface area contributed by atoms with Gasteiger partial charge in [-0.1, -0.05) is 84.9 Å². The van der Waals surface area contributed by atoms with Gasteiger partial charge in [0, 0.05) is 11.0 Å². The summed E-state index contributed by atoms with van der Waals surface area (Å²) in [6.45, 7) is 15.1. The lowest BCUT2D eigenvalue weighted by atomic mass is 9.76. The van der Waals surface area contributed by atoms with E-state index in [2.05, 4.69) is 10.6 Å². The van der Waals surface area contributed by atoms with E-state index >= 15 is 0 Å². The maximum atomic E-state index is 13.7. The first-order valence-electron chi connectivity index (χ1n) is 12.0. The number of rotatable bonds is 10. The largest absolute Gasteiger partial charge is 0.348 e. The Balaban J connectivity index is 3.26. The summed E-state index contributed by atoms with van der Waals surface area (Å²) in [5, 5.41) is 14.9. The smallest absolute Gasteiger partial charge is 0.270 e. The molecule has 4 N–H and O–H groups in total. The highest BCUT2D eigenvalue weighted by molar-refractivity contribution is 5.93. The van der Waals surface area contributed by atoms with Crippen molar-refractivity contribution in [2.45, 2.75) is 78.9 Å². The molecule has 196 valence electrons. The molecular weight excluding hydrogens is 444 g/mol. The number of likely N-dealkylation sites (N-methyl/N-ethyl adjacent to an activating group) is 1. The lowest BCUT2D eigenvalue weighted by Gasteiger charge is -2.40. The van der Waals surface area contributed by atoms with Crippen LogP contribution >= 0.6 is 0 Å². The minimum absolute atomic E-state index is 0.0248. The first kappa shape index (κ1) is 30.3. The summed E-state index contributed by atoms with van der Waals surface area (Å²) in [5.41, 5.74) is 1.81. The highest BCUT2D eigenvalue weighted by atomic mass is 16.5. The fourth-order valence-corrected chi connectivity index (χ4v) is 4.21. The van der Waals surface area contributed by atoms with Crippen LogP contribution in [0, 0.1) is 11.3 Å². The van der Waals surface area contributed by atoms with E-state index in [0.717, 1.165) is 5.56 Å². The number of hydroxylamine groups is 1. The molecule has 1 aromatic rings. The number of hydrogen-bond acceptors (Lipinski definition) is 5. The number of nitrogens with one attached hydrogen (secondary N) is 3. The molecule has 1 aromatic carbocycles. The normalized spacial score (nSPS) is 15.4. The molecule has 0 saturated heterocycles. The van der Waals surface area contributed by atoms with E-state index in [4.69, 9.17) is 5.21 Å². The van der Waals surface area contributed by atoms with Crippen LogP contribution in [0.4, 0.5) is 0 Å². The Morgan fingerprint density at radius 1 is 0.943 bits per heavy atom. The van der Waals surface area contributed by atoms with Crippen molar-refractivity contribution in [3.63, 3.8) is 0 Å². The van der Waals surface area contributed by atoms with Crippen molar-refractivity contribution in [3.05, 3.63) is 47.5 Å². The molecule has 0 aliphatic heterocycles. The second kappa shape index (κ2) is 12.3. The molecule has 3 amide bonds. The van der Waals surface area contributed by atoms with Crippen molar-refractivity contribution in [1.82, 2.24) is 21.0 Å². The average Bonchev–Trinajstić information content (AvgIpc) is 2.75. The van der Waals surface area contributed by atoms with Crippen LogP contribution in [0.5, 0.6) is 0 Å². The molecule has 8 nitrogen and oxygen atoms in total. The van der Waals surface area contributed by atoms with Gasteiger partial charge in [0.1, 0.15) is 6.04 Å². The van der Waals surface area contributed by atoms with Crippen molar-refractivity contribution < 1.29 is 19.6 Å². The summed E-state index contributed by atoms with van der Waals surface area (Å²) < 4.78 is 0. The van der Waals surface area contributed by atoms with Gasteiger partial charge in [0.25, 0.3) is 5.91 Å². The third-order valence-corrected chi connectivity index (χ3v) is 6.30. The van der Waals surface area contributed by atoms with E-state index in [1.807, 2.05) is 97.8 Å². The lowest BCUT2D eigenvalue weighted by molar-refractivity contribution is -0.135. The zero-order valence-electron chi connectivity index (χ0n) is 22.9. The van der Waals surface area contributed by atoms with Gasteiger partial charge in [-0.15, -0.1) is 0 Å². The molecule has 1 rings (SSSR count). The van der Waals surface area contributed by atoms with Gasteiger partial charge in [-0.05, 0) is 37.9 Å². The maximum absolute atomic E-state index is 13.7. The number of hydrogen-bond donors (Lipinski definition) is 4. The number of carbonyl (C=O) groups excluding carboxylic acids is 3. The summed E-state index contributed by atoms with van der Waals surface area (Å²) in [6.07, 6.45) is 1.61. The van der Waals surface area contributed by atoms with Gasteiger partial charge in [0.05, 0.1) is 12.1 Å². The first-order valence-corrected chi connectivity index (χ1v) is 12.0. The number of amides is 3. The Bertz CT molecular complexity index is 902. The molecular formula is C27H44N4O4. The Morgan fingerprint density at radius 2 is 1.49 bits per heavy atom. The van der Waals surface area contributed by atoms with E-state index in [1.165, 1.54) is 0 Å². The highest BCUT2D eigenvalue weighted by Gasteiger charge is 2.42. The van der Waals surface area contributed by atoms with Crippen LogP contribution in [-0.4, -0.2) is 60.0 Å². The Labute approximate surface area is 210 Å². The quantitative estimate of drug-likeness (QED) is 0.230. The van der Waals surface area contributed by atoms with E-state index in [1.54, 1.807) is 18.5 Å². The molecule has 0 saturated carbocycles. The van der Waals surface area contributed by atoms with Crippen LogP contribution in [0.3, 0.4) is 0 Å². The summed E-state index contributed by atoms with van der Waals surface area (Å²) >= 11 is 0. The van der Waals surface area contributed by atoms with Crippen molar-refractivity contribution in [1.29, 1.82) is 0 Å². The molecule has 0 bridgehead atoms. The van der Waals surface area contributed by atoms with Gasteiger partial charge in [-0.25, -0.2) is 5.48 Å². The predicted molar refractivity (Wildman–Crippen MR) is 139 cm³/mol. The molecule has 0 aromatic heterocycles. The lowest BCUT2D eigenvalue weighted by Crippen LogP contribution is -2.61. The van der Waals surface area contributed by atoms with Crippen LogP contribution in [0.1, 0.15) is 61.0 Å². The summed E-state index contributed by atoms with van der Waals surface area (Å²) in [6, 6.07) is 8.04. The molecule has 35 heavy (non-hydrogen) atoms. The van der Waals surface area contributed by atoms with Gasteiger partial charge >= 0.3 is 0 Å². The van der Waals surface area contributed by atoms with Gasteiger partial charge in [-0.3, -0.25) is 24.5 Å². The number of nitrogens with zero attached hydrogens (tertiary/aromatic N) is 1. The SMILES string of the molecule is C/C(=C\[C@@H](NC(=O)[C@@H](NC(=O)[C@@H](N(C)C)C(C)(C)c1ccccc1)C(C)(C)C)C(C)C)C(=O)NO. The fraction of sp³-hybridized carbons (Fsp3) is 0.593. The van der Waals surface area contributed by atoms with Crippen LogP contribution in [0.25, 0.3) is 0 Å². The summed E-state index contributed by atoms with van der Waals surface area (Å²) in [7, 11) is 3.71. The van der Waals surface area contributed by atoms with Gasteiger partial charge in [-0.2, -0.15) is 0 Å². The topological polar surface area (TPSA) is 111 Å². The maximum Gasteiger partial charge on any atom is 0.270 e. The molecule has 0 heterocycles. The first-order chi connectivity index (χ1) is 16.0. The van der Waals surface area contributed by atoms with E-state index in [9.17, 15) is 14.4 Å². The molecule has 8 heteroatoms. The van der Waals surface area contributed by atoms with Gasteiger partial charge in [0.15, 0.2) is 0 Å². The molecule has 0 aliphatic rings. The number of carbonyl (C=O) groups is 3. The Kier molecular flexibility index (Phi) is 10.7. The van der Waals surface area contributed by atoms with Crippen molar-refractivity contribution in [2.24, 2.45) is 11.3 Å². The molecule has 0 aliphatic carbocycles. The van der Waals surface area contributed by atoms with Gasteiger partial charge < -0.3 is 10.6 Å². The fourth-order valence-electron chi connectivity index (χ4n) is 4.21. The minimum Gasteiger partial charge on any atom is -0.348 e. The second-order valence-electron chi connectivity index (χ2n) is 11.3. The highest BCUT2D eigenvalue weighted by Crippen LogP contribution is 2.30. The summed E-state index contributed by atoms with van der Waals surface area (Å²) in [5.74, 6) is -1.25. The zero-order chi connectivity index (χ0) is 27.1. The molecule has 0 radical (unpaired) electrons. The molecule has 0 fully saturated rings. The average molecular weight is 489 g/mol. The van der Waals surface area contributed by atoms with Crippen molar-refractivity contribution >= 4 is 17.7 Å². The summed E-state index contributed by atoms with van der Waals surface area (Å²) in [4.78, 5) is 40.7. The van der Waals surface area contributed by atoms with E-state index in [0.29, 0.717) is 0 Å². The van der Waals surface area contributed by atoms with Crippen LogP contribution in [0.2, 0.25) is 0 Å². The zero-order valence-corrected chi connectivity index (χ0v) is 22.9. The van der Waals surface area contributed by atoms with E-state index < -0.39 is 34.9 Å². The number of benzene rings is 1. The van der Waals surface area contributed by atoms with E-state index in [-0.39, 0.29) is 23.3 Å². The van der Waals surface area contributed by atoms with Gasteiger partial charge in [0.2, 0.25) is 11.8 Å². The predicted octanol–water partition coefficient (Wildman–Crippen LogP) is 3.02. The monoisotopic (exact) mass is 488 g/mol. The Hall–Kier alpha value is -2.71. The minimum atomic E-state index is -0.814. The van der Waals surface area contributed by atoms with Crippen LogP contribution < -0.4 is 16.1 Å². The second-order valence-corrected chi connectivity index (χ2v) is 11.3. The third kappa shape index (κ3) is 8.18. The standard InChI is InChI=1S/C27H44N4O4/c1-17(2)20(16-18(3)23(32)30-35)28-24(33)21(26(4,5)6)29-25(34)22(31(9)10)27(7,8)19-14-12-11-13-15-19/h11-17,20-22,35H,1-10H3,(H,28,33)(H,29,34)(H,30,32)/b18-16+/t20-,21-,22-/m1/s1. The molecule has 0 spiro atoms. The third-order valence-electron chi connectivity index (χ3n) is 6.30. The molecule has 3 atom stereocenters. The van der Waals surface area contributed by atoms with Crippen molar-refractivity contribution in [2.75, 3.05) is 14.1 Å². The Morgan fingerprint density at radius 3 is 1.91 bits per heavy atom. The van der Waals surface area contributed by atoms with Crippen LogP contribution in [0.15, 0.2) is 42.0 Å².